The van der Waals surface area contributed by atoms with E-state index in [-0.39, 0.29) is 23.4 Å². The number of carbonyl (C=O) groups excluding carboxylic acids is 2. The van der Waals surface area contributed by atoms with Crippen LogP contribution in [0.2, 0.25) is 0 Å². The normalized spacial score (nSPS) is 14.7. The van der Waals surface area contributed by atoms with Crippen molar-refractivity contribution in [1.82, 2.24) is 10.2 Å². The van der Waals surface area contributed by atoms with Gasteiger partial charge in [-0.05, 0) is 80.6 Å². The zero-order valence-corrected chi connectivity index (χ0v) is 26.2. The lowest BCUT2D eigenvalue weighted by molar-refractivity contribution is -0.139. The monoisotopic (exact) mass is 639 g/mol. The molecule has 1 aliphatic carbocycles. The summed E-state index contributed by atoms with van der Waals surface area (Å²) in [4.78, 5) is 29.2. The van der Waals surface area contributed by atoms with Gasteiger partial charge in [-0.3, -0.25) is 13.9 Å². The zero-order chi connectivity index (χ0) is 29.6. The Labute approximate surface area is 252 Å². The Bertz CT molecular complexity index is 1470. The van der Waals surface area contributed by atoms with Gasteiger partial charge in [-0.15, -0.1) is 0 Å². The number of benzene rings is 3. The van der Waals surface area contributed by atoms with E-state index < -0.39 is 28.5 Å². The molecule has 1 atom stereocenters. The quantitative estimate of drug-likeness (QED) is 0.289. The molecular formula is C32H38BrN3O4S. The van der Waals surface area contributed by atoms with E-state index in [0.29, 0.717) is 5.69 Å². The van der Waals surface area contributed by atoms with E-state index in [4.69, 9.17) is 0 Å². The lowest BCUT2D eigenvalue weighted by atomic mass is 9.95. The van der Waals surface area contributed by atoms with Crippen molar-refractivity contribution in [2.24, 2.45) is 0 Å². The molecule has 3 aromatic rings. The van der Waals surface area contributed by atoms with Crippen molar-refractivity contribution in [3.8, 4) is 0 Å². The van der Waals surface area contributed by atoms with Gasteiger partial charge in [0.25, 0.3) is 10.0 Å². The Kier molecular flexibility index (Phi) is 10.3. The molecule has 218 valence electrons. The maximum absolute atomic E-state index is 14.2. The molecule has 41 heavy (non-hydrogen) atoms. The Hall–Kier alpha value is -3.17. The summed E-state index contributed by atoms with van der Waals surface area (Å²) in [7, 11) is -4.09. The van der Waals surface area contributed by atoms with Crippen molar-refractivity contribution in [2.45, 2.75) is 76.4 Å². The van der Waals surface area contributed by atoms with Crippen LogP contribution in [0.5, 0.6) is 0 Å². The second-order valence-electron chi connectivity index (χ2n) is 10.7. The highest BCUT2D eigenvalue weighted by molar-refractivity contribution is 9.10. The third kappa shape index (κ3) is 7.57. The number of rotatable bonds is 10. The number of sulfonamides is 1. The number of aryl methyl sites for hydroxylation is 1. The number of hydrogen-bond acceptors (Lipinski definition) is 4. The van der Waals surface area contributed by atoms with Crippen LogP contribution in [0.15, 0.2) is 82.2 Å². The smallest absolute Gasteiger partial charge is 0.264 e. The average Bonchev–Trinajstić information content (AvgIpc) is 2.97. The minimum atomic E-state index is -4.09. The van der Waals surface area contributed by atoms with E-state index in [1.54, 1.807) is 37.3 Å². The van der Waals surface area contributed by atoms with E-state index in [2.05, 4.69) is 21.2 Å². The Morgan fingerprint density at radius 1 is 0.951 bits per heavy atom. The second-order valence-corrected chi connectivity index (χ2v) is 13.5. The maximum Gasteiger partial charge on any atom is 0.264 e. The molecule has 0 saturated heterocycles. The van der Waals surface area contributed by atoms with Crippen LogP contribution in [0.4, 0.5) is 5.69 Å². The maximum atomic E-state index is 14.2. The number of nitrogens with zero attached hydrogens (tertiary/aromatic N) is 2. The van der Waals surface area contributed by atoms with E-state index in [1.807, 2.05) is 44.2 Å². The highest BCUT2D eigenvalue weighted by Crippen LogP contribution is 2.29. The molecule has 1 saturated carbocycles. The topological polar surface area (TPSA) is 86.8 Å². The summed E-state index contributed by atoms with van der Waals surface area (Å²) >= 11 is 3.49. The summed E-state index contributed by atoms with van der Waals surface area (Å²) in [6.07, 6.45) is 5.16. The van der Waals surface area contributed by atoms with E-state index in [9.17, 15) is 18.0 Å². The SMILES string of the molecule is Cc1cccc(N(CC(=O)N(Cc2cccc(Br)c2)C(C)C(=O)NC2CCCCC2)S(=O)(=O)c2ccccc2)c1C. The summed E-state index contributed by atoms with van der Waals surface area (Å²) in [5, 5.41) is 3.13. The summed E-state index contributed by atoms with van der Waals surface area (Å²) < 4.78 is 30.0. The van der Waals surface area contributed by atoms with Crippen LogP contribution in [-0.2, 0) is 26.2 Å². The van der Waals surface area contributed by atoms with Gasteiger partial charge >= 0.3 is 0 Å². The van der Waals surface area contributed by atoms with Crippen molar-refractivity contribution in [1.29, 1.82) is 0 Å². The number of nitrogens with one attached hydrogen (secondary N) is 1. The zero-order valence-electron chi connectivity index (χ0n) is 23.8. The third-order valence-electron chi connectivity index (χ3n) is 7.82. The number of hydrogen-bond donors (Lipinski definition) is 1. The van der Waals surface area contributed by atoms with Crippen molar-refractivity contribution < 1.29 is 18.0 Å². The summed E-state index contributed by atoms with van der Waals surface area (Å²) in [6.45, 7) is 5.18. The number of amides is 2. The van der Waals surface area contributed by atoms with E-state index in [0.717, 1.165) is 46.8 Å². The van der Waals surface area contributed by atoms with Crippen LogP contribution in [0, 0.1) is 13.8 Å². The molecule has 0 bridgehead atoms. The molecule has 4 rings (SSSR count). The first kappa shape index (κ1) is 30.8. The van der Waals surface area contributed by atoms with Gasteiger partial charge in [0.2, 0.25) is 11.8 Å². The molecule has 1 unspecified atom stereocenters. The lowest BCUT2D eigenvalue weighted by Crippen LogP contribution is -2.53. The fourth-order valence-electron chi connectivity index (χ4n) is 5.22. The summed E-state index contributed by atoms with van der Waals surface area (Å²) in [5.41, 5.74) is 2.94. The van der Waals surface area contributed by atoms with Gasteiger partial charge < -0.3 is 10.2 Å². The summed E-state index contributed by atoms with van der Waals surface area (Å²) in [6, 6.07) is 20.4. The van der Waals surface area contributed by atoms with Gasteiger partial charge in [0.05, 0.1) is 10.6 Å². The Morgan fingerprint density at radius 2 is 1.63 bits per heavy atom. The van der Waals surface area contributed by atoms with Crippen LogP contribution >= 0.6 is 15.9 Å². The van der Waals surface area contributed by atoms with Crippen LogP contribution in [0.25, 0.3) is 0 Å². The molecule has 2 amide bonds. The third-order valence-corrected chi connectivity index (χ3v) is 10.1. The molecule has 7 nitrogen and oxygen atoms in total. The minimum absolute atomic E-state index is 0.0893. The molecular weight excluding hydrogens is 602 g/mol. The van der Waals surface area contributed by atoms with Crippen LogP contribution in [0.1, 0.15) is 55.7 Å². The van der Waals surface area contributed by atoms with Crippen LogP contribution < -0.4 is 9.62 Å². The van der Waals surface area contributed by atoms with Crippen LogP contribution in [-0.4, -0.2) is 43.8 Å². The number of anilines is 1. The Balaban J connectivity index is 1.70. The first-order valence-electron chi connectivity index (χ1n) is 14.1. The predicted octanol–water partition coefficient (Wildman–Crippen LogP) is 6.13. The van der Waals surface area contributed by atoms with Gasteiger partial charge in [-0.25, -0.2) is 8.42 Å². The molecule has 1 fully saturated rings. The molecule has 0 heterocycles. The lowest BCUT2D eigenvalue weighted by Gasteiger charge is -2.33. The van der Waals surface area contributed by atoms with Gasteiger partial charge in [0, 0.05) is 17.1 Å². The molecule has 0 spiro atoms. The van der Waals surface area contributed by atoms with E-state index in [1.165, 1.54) is 27.8 Å². The minimum Gasteiger partial charge on any atom is -0.352 e. The highest BCUT2D eigenvalue weighted by atomic mass is 79.9. The molecule has 9 heteroatoms. The second kappa shape index (κ2) is 13.7. The summed E-state index contributed by atoms with van der Waals surface area (Å²) in [5.74, 6) is -0.693. The van der Waals surface area contributed by atoms with Crippen LogP contribution in [0.3, 0.4) is 0 Å². The predicted molar refractivity (Wildman–Crippen MR) is 166 cm³/mol. The molecule has 1 aliphatic rings. The first-order chi connectivity index (χ1) is 19.6. The first-order valence-corrected chi connectivity index (χ1v) is 16.3. The van der Waals surface area contributed by atoms with Gasteiger partial charge in [-0.2, -0.15) is 0 Å². The molecule has 3 aromatic carbocycles. The van der Waals surface area contributed by atoms with Gasteiger partial charge in [0.15, 0.2) is 0 Å². The molecule has 1 N–H and O–H groups in total. The Morgan fingerprint density at radius 3 is 2.32 bits per heavy atom. The van der Waals surface area contributed by atoms with Crippen molar-refractivity contribution in [2.75, 3.05) is 10.8 Å². The highest BCUT2D eigenvalue weighted by Gasteiger charge is 2.33. The molecule has 0 aliphatic heterocycles. The standard InChI is InChI=1S/C32H38BrN3O4S/c1-23-12-10-19-30(24(23)2)36(41(39,40)29-17-8-5-9-18-29)22-31(37)35(21-26-13-11-14-27(33)20-26)25(3)32(38)34-28-15-6-4-7-16-28/h5,8-14,17-20,25,28H,4,6-7,15-16,21-22H2,1-3H3,(H,34,38). The fourth-order valence-corrected chi connectivity index (χ4v) is 7.16. The van der Waals surface area contributed by atoms with Gasteiger partial charge in [-0.1, -0.05) is 77.7 Å². The molecule has 0 aromatic heterocycles. The number of carbonyl (C=O) groups is 2. The largest absolute Gasteiger partial charge is 0.352 e. The van der Waals surface area contributed by atoms with Gasteiger partial charge in [0.1, 0.15) is 12.6 Å². The van der Waals surface area contributed by atoms with Crippen molar-refractivity contribution >= 4 is 43.5 Å². The fraction of sp³-hybridized carbons (Fsp3) is 0.375. The molecule has 0 radical (unpaired) electrons. The van der Waals surface area contributed by atoms with Crippen molar-refractivity contribution in [3.63, 3.8) is 0 Å². The van der Waals surface area contributed by atoms with Crippen molar-refractivity contribution in [3.05, 3.63) is 94.0 Å². The van der Waals surface area contributed by atoms with E-state index >= 15 is 0 Å². The average molecular weight is 641 g/mol. The number of halogens is 1.